The van der Waals surface area contributed by atoms with Crippen LogP contribution in [0, 0.1) is 13.8 Å². The predicted molar refractivity (Wildman–Crippen MR) is 121 cm³/mol. The number of amides is 1. The molecule has 30 heavy (non-hydrogen) atoms. The Kier molecular flexibility index (Phi) is 5.57. The molecule has 4 rings (SSSR count). The van der Waals surface area contributed by atoms with Gasteiger partial charge in [0.2, 0.25) is 5.82 Å². The van der Waals surface area contributed by atoms with Gasteiger partial charge in [0, 0.05) is 21.3 Å². The van der Waals surface area contributed by atoms with Crippen molar-refractivity contribution in [2.75, 3.05) is 5.32 Å². The molecular formula is C23H18Cl2N4O. The molecule has 1 amide bonds. The highest BCUT2D eigenvalue weighted by Crippen LogP contribution is 2.26. The van der Waals surface area contributed by atoms with E-state index in [1.807, 2.05) is 56.3 Å². The molecule has 0 aliphatic heterocycles. The van der Waals surface area contributed by atoms with Crippen LogP contribution in [0.5, 0.6) is 0 Å². The van der Waals surface area contributed by atoms with Gasteiger partial charge in [0.1, 0.15) is 0 Å². The van der Waals surface area contributed by atoms with E-state index in [0.717, 1.165) is 22.4 Å². The van der Waals surface area contributed by atoms with Crippen molar-refractivity contribution in [3.63, 3.8) is 0 Å². The van der Waals surface area contributed by atoms with Crippen LogP contribution in [0.15, 0.2) is 66.7 Å². The molecular weight excluding hydrogens is 419 g/mol. The van der Waals surface area contributed by atoms with Gasteiger partial charge in [-0.05, 0) is 55.3 Å². The summed E-state index contributed by atoms with van der Waals surface area (Å²) < 4.78 is 1.66. The minimum atomic E-state index is -0.425. The molecule has 7 heteroatoms. The Balaban J connectivity index is 1.77. The molecule has 1 N–H and O–H groups in total. The number of anilines is 1. The third-order valence-electron chi connectivity index (χ3n) is 4.67. The van der Waals surface area contributed by atoms with E-state index in [1.165, 1.54) is 0 Å². The van der Waals surface area contributed by atoms with E-state index in [-0.39, 0.29) is 5.82 Å². The number of rotatable bonds is 4. The highest BCUT2D eigenvalue weighted by atomic mass is 35.5. The van der Waals surface area contributed by atoms with E-state index >= 15 is 0 Å². The summed E-state index contributed by atoms with van der Waals surface area (Å²) >= 11 is 12.3. The number of halogens is 2. The van der Waals surface area contributed by atoms with Crippen LogP contribution in [0.4, 0.5) is 5.69 Å². The lowest BCUT2D eigenvalue weighted by molar-refractivity contribution is 0.101. The van der Waals surface area contributed by atoms with Crippen LogP contribution >= 0.6 is 23.2 Å². The van der Waals surface area contributed by atoms with Crippen LogP contribution in [0.3, 0.4) is 0 Å². The zero-order chi connectivity index (χ0) is 21.3. The van der Waals surface area contributed by atoms with Crippen molar-refractivity contribution in [1.29, 1.82) is 0 Å². The molecule has 1 aromatic heterocycles. The van der Waals surface area contributed by atoms with E-state index in [4.69, 9.17) is 23.2 Å². The molecule has 0 atom stereocenters. The smallest absolute Gasteiger partial charge is 0.295 e. The maximum atomic E-state index is 12.9. The largest absolute Gasteiger partial charge is 0.319 e. The Hall–Kier alpha value is -3.15. The van der Waals surface area contributed by atoms with E-state index < -0.39 is 5.91 Å². The molecule has 0 bridgehead atoms. The van der Waals surface area contributed by atoms with Crippen LogP contribution in [0.25, 0.3) is 17.1 Å². The number of carbonyl (C=O) groups excluding carboxylic acids is 1. The summed E-state index contributed by atoms with van der Waals surface area (Å²) in [6, 6.07) is 20.4. The van der Waals surface area contributed by atoms with Gasteiger partial charge in [-0.25, -0.2) is 9.67 Å². The minimum Gasteiger partial charge on any atom is -0.319 e. The summed E-state index contributed by atoms with van der Waals surface area (Å²) in [7, 11) is 0. The highest BCUT2D eigenvalue weighted by molar-refractivity contribution is 6.31. The molecule has 1 heterocycles. The number of nitrogens with zero attached hydrogens (tertiary/aromatic N) is 3. The Morgan fingerprint density at radius 3 is 2.47 bits per heavy atom. The third kappa shape index (κ3) is 4.08. The first-order chi connectivity index (χ1) is 14.4. The molecule has 0 spiro atoms. The first-order valence-corrected chi connectivity index (χ1v) is 10.0. The van der Waals surface area contributed by atoms with Crippen molar-refractivity contribution in [3.8, 4) is 17.1 Å². The monoisotopic (exact) mass is 436 g/mol. The number of para-hydroxylation sites is 1. The van der Waals surface area contributed by atoms with E-state index in [2.05, 4.69) is 15.4 Å². The lowest BCUT2D eigenvalue weighted by atomic mass is 10.2. The molecule has 4 aromatic rings. The molecule has 0 fully saturated rings. The van der Waals surface area contributed by atoms with Gasteiger partial charge in [-0.2, -0.15) is 0 Å². The summed E-state index contributed by atoms with van der Waals surface area (Å²) in [5, 5.41) is 8.46. The molecule has 0 saturated heterocycles. The molecule has 0 radical (unpaired) electrons. The van der Waals surface area contributed by atoms with E-state index in [1.54, 1.807) is 28.9 Å². The molecule has 5 nitrogen and oxygen atoms in total. The van der Waals surface area contributed by atoms with Gasteiger partial charge in [-0.1, -0.05) is 59.6 Å². The van der Waals surface area contributed by atoms with Gasteiger partial charge >= 0.3 is 0 Å². The summed E-state index contributed by atoms with van der Waals surface area (Å²) in [6.45, 7) is 3.88. The number of benzene rings is 3. The second-order valence-electron chi connectivity index (χ2n) is 6.89. The first-order valence-electron chi connectivity index (χ1n) is 9.29. The Bertz CT molecular complexity index is 1250. The van der Waals surface area contributed by atoms with Gasteiger partial charge in [0.15, 0.2) is 5.82 Å². The normalized spacial score (nSPS) is 10.8. The Morgan fingerprint density at radius 2 is 1.73 bits per heavy atom. The summed E-state index contributed by atoms with van der Waals surface area (Å²) in [5.41, 5.74) is 4.10. The van der Waals surface area contributed by atoms with Crippen LogP contribution < -0.4 is 5.32 Å². The van der Waals surface area contributed by atoms with Gasteiger partial charge in [0.25, 0.3) is 5.91 Å². The molecule has 0 unspecified atom stereocenters. The fourth-order valence-electron chi connectivity index (χ4n) is 3.05. The number of aromatic nitrogens is 3. The van der Waals surface area contributed by atoms with Gasteiger partial charge < -0.3 is 5.32 Å². The summed E-state index contributed by atoms with van der Waals surface area (Å²) in [4.78, 5) is 17.4. The van der Waals surface area contributed by atoms with Crippen molar-refractivity contribution in [2.24, 2.45) is 0 Å². The first kappa shape index (κ1) is 20.1. The van der Waals surface area contributed by atoms with Gasteiger partial charge in [0.05, 0.1) is 5.69 Å². The van der Waals surface area contributed by atoms with Crippen molar-refractivity contribution in [1.82, 2.24) is 14.8 Å². The van der Waals surface area contributed by atoms with Gasteiger partial charge in [-0.3, -0.25) is 4.79 Å². The van der Waals surface area contributed by atoms with Gasteiger partial charge in [-0.15, -0.1) is 5.10 Å². The SMILES string of the molecule is Cc1ccc(NC(=O)c2nc(-c3cccc(Cl)c3)n(-c3ccccc3C)n2)cc1Cl. The van der Waals surface area contributed by atoms with Crippen LogP contribution in [-0.4, -0.2) is 20.7 Å². The second kappa shape index (κ2) is 8.30. The van der Waals surface area contributed by atoms with Crippen LogP contribution in [-0.2, 0) is 0 Å². The quantitative estimate of drug-likeness (QED) is 0.419. The van der Waals surface area contributed by atoms with Crippen molar-refractivity contribution >= 4 is 34.8 Å². The average molecular weight is 437 g/mol. The third-order valence-corrected chi connectivity index (χ3v) is 5.31. The maximum Gasteiger partial charge on any atom is 0.295 e. The number of aryl methyl sites for hydroxylation is 2. The molecule has 150 valence electrons. The van der Waals surface area contributed by atoms with Crippen molar-refractivity contribution in [2.45, 2.75) is 13.8 Å². The fourth-order valence-corrected chi connectivity index (χ4v) is 3.42. The Labute approximate surface area is 184 Å². The minimum absolute atomic E-state index is 0.0462. The second-order valence-corrected chi connectivity index (χ2v) is 7.73. The van der Waals surface area contributed by atoms with E-state index in [9.17, 15) is 4.79 Å². The maximum absolute atomic E-state index is 12.9. The van der Waals surface area contributed by atoms with Crippen molar-refractivity contribution in [3.05, 3.63) is 93.7 Å². The zero-order valence-electron chi connectivity index (χ0n) is 16.4. The lowest BCUT2D eigenvalue weighted by Gasteiger charge is -2.08. The van der Waals surface area contributed by atoms with E-state index in [0.29, 0.717) is 21.6 Å². The zero-order valence-corrected chi connectivity index (χ0v) is 17.9. The van der Waals surface area contributed by atoms with Crippen LogP contribution in [0.1, 0.15) is 21.7 Å². The van der Waals surface area contributed by atoms with Crippen LogP contribution in [0.2, 0.25) is 10.0 Å². The molecule has 0 aliphatic carbocycles. The van der Waals surface area contributed by atoms with Crippen molar-refractivity contribution < 1.29 is 4.79 Å². The molecule has 0 aliphatic rings. The Morgan fingerprint density at radius 1 is 0.933 bits per heavy atom. The number of carbonyl (C=O) groups is 1. The predicted octanol–water partition coefficient (Wildman–Crippen LogP) is 6.11. The number of nitrogens with one attached hydrogen (secondary N) is 1. The topological polar surface area (TPSA) is 59.8 Å². The molecule has 0 saturated carbocycles. The number of hydrogen-bond acceptors (Lipinski definition) is 3. The highest BCUT2D eigenvalue weighted by Gasteiger charge is 2.20. The standard InChI is InChI=1S/C23H18Cl2N4O/c1-14-10-11-18(13-19(14)25)26-23(30)21-27-22(16-7-5-8-17(24)12-16)29(28-21)20-9-4-3-6-15(20)2/h3-13H,1-2H3,(H,26,30). The summed E-state index contributed by atoms with van der Waals surface area (Å²) in [5.74, 6) is 0.148. The summed E-state index contributed by atoms with van der Waals surface area (Å²) in [6.07, 6.45) is 0. The average Bonchev–Trinajstić information content (AvgIpc) is 3.16. The fraction of sp³-hybridized carbons (Fsp3) is 0.0870. The number of hydrogen-bond donors (Lipinski definition) is 1. The lowest BCUT2D eigenvalue weighted by Crippen LogP contribution is -2.14. The molecule has 3 aromatic carbocycles.